The average Bonchev–Trinajstić information content (AvgIpc) is 2.68. The monoisotopic (exact) mass is 236 g/mol. The smallest absolute Gasteiger partial charge is 0.138 e. The summed E-state index contributed by atoms with van der Waals surface area (Å²) in [5, 5.41) is 4.05. The van der Waals surface area contributed by atoms with Gasteiger partial charge < -0.3 is 4.52 Å². The van der Waals surface area contributed by atoms with E-state index in [0.29, 0.717) is 0 Å². The van der Waals surface area contributed by atoms with E-state index in [1.165, 1.54) is 37.7 Å². The first kappa shape index (κ1) is 12.6. The van der Waals surface area contributed by atoms with Crippen molar-refractivity contribution in [3.63, 3.8) is 0 Å². The van der Waals surface area contributed by atoms with Crippen molar-refractivity contribution in [2.75, 3.05) is 6.54 Å². The summed E-state index contributed by atoms with van der Waals surface area (Å²) >= 11 is 0. The van der Waals surface area contributed by atoms with Gasteiger partial charge in [0.25, 0.3) is 0 Å². The molecular formula is C14H24N2O. The average molecular weight is 236 g/mol. The predicted octanol–water partition coefficient (Wildman–Crippen LogP) is 3.45. The maximum Gasteiger partial charge on any atom is 0.138 e. The normalized spacial score (nSPS) is 17.9. The zero-order valence-corrected chi connectivity index (χ0v) is 11.3. The highest BCUT2D eigenvalue weighted by molar-refractivity contribution is 5.20. The molecule has 1 aromatic heterocycles. The first-order valence-electron chi connectivity index (χ1n) is 6.88. The summed E-state index contributed by atoms with van der Waals surface area (Å²) in [7, 11) is 0. The van der Waals surface area contributed by atoms with Crippen molar-refractivity contribution in [3.05, 3.63) is 17.0 Å². The van der Waals surface area contributed by atoms with Crippen molar-refractivity contribution in [1.29, 1.82) is 0 Å². The lowest BCUT2D eigenvalue weighted by atomic mass is 9.94. The van der Waals surface area contributed by atoms with Gasteiger partial charge in [-0.3, -0.25) is 4.90 Å². The minimum Gasteiger partial charge on any atom is -0.361 e. The topological polar surface area (TPSA) is 29.3 Å². The van der Waals surface area contributed by atoms with E-state index in [2.05, 4.69) is 17.0 Å². The zero-order valence-electron chi connectivity index (χ0n) is 11.3. The minimum absolute atomic E-state index is 0.766. The molecular weight excluding hydrogens is 212 g/mol. The summed E-state index contributed by atoms with van der Waals surface area (Å²) in [6.07, 6.45) is 6.92. The van der Waals surface area contributed by atoms with E-state index in [1.807, 2.05) is 13.8 Å². The molecule has 0 N–H and O–H groups in total. The van der Waals surface area contributed by atoms with Crippen molar-refractivity contribution in [2.24, 2.45) is 0 Å². The third-order valence-corrected chi connectivity index (χ3v) is 4.04. The van der Waals surface area contributed by atoms with Gasteiger partial charge in [-0.05, 0) is 33.2 Å². The van der Waals surface area contributed by atoms with Gasteiger partial charge in [-0.1, -0.05) is 31.3 Å². The van der Waals surface area contributed by atoms with Crippen molar-refractivity contribution in [3.8, 4) is 0 Å². The largest absolute Gasteiger partial charge is 0.361 e. The lowest BCUT2D eigenvalue weighted by Crippen LogP contribution is -2.36. The summed E-state index contributed by atoms with van der Waals surface area (Å²) < 4.78 is 5.25. The molecule has 0 bridgehead atoms. The van der Waals surface area contributed by atoms with Crippen LogP contribution in [-0.2, 0) is 6.54 Å². The zero-order chi connectivity index (χ0) is 12.3. The van der Waals surface area contributed by atoms with E-state index in [1.54, 1.807) is 0 Å². The Morgan fingerprint density at radius 2 is 1.94 bits per heavy atom. The Morgan fingerprint density at radius 3 is 2.47 bits per heavy atom. The lowest BCUT2D eigenvalue weighted by Gasteiger charge is -2.33. The van der Waals surface area contributed by atoms with Gasteiger partial charge in [0, 0.05) is 18.2 Å². The molecule has 0 amide bonds. The maximum atomic E-state index is 5.25. The Morgan fingerprint density at radius 1 is 1.24 bits per heavy atom. The molecule has 1 aromatic rings. The summed E-state index contributed by atoms with van der Waals surface area (Å²) in [4.78, 5) is 2.59. The molecule has 2 rings (SSSR count). The molecule has 3 heteroatoms. The Balaban J connectivity index is 2.04. The van der Waals surface area contributed by atoms with Crippen LogP contribution < -0.4 is 0 Å². The highest BCUT2D eigenvalue weighted by Gasteiger charge is 2.22. The van der Waals surface area contributed by atoms with E-state index in [4.69, 9.17) is 4.52 Å². The molecule has 0 aliphatic heterocycles. The van der Waals surface area contributed by atoms with Crippen LogP contribution in [0.1, 0.15) is 56.0 Å². The lowest BCUT2D eigenvalue weighted by molar-refractivity contribution is 0.155. The maximum absolute atomic E-state index is 5.25. The standard InChI is InChI=1S/C14H24N2O/c1-4-16(13-8-6-5-7-9-13)10-14-11(2)15-17-12(14)3/h13H,4-10H2,1-3H3. The fraction of sp³-hybridized carbons (Fsp3) is 0.786. The van der Waals surface area contributed by atoms with Crippen LogP contribution in [0.2, 0.25) is 0 Å². The first-order chi connectivity index (χ1) is 8.22. The molecule has 1 fully saturated rings. The summed E-state index contributed by atoms with van der Waals surface area (Å²) in [6.45, 7) is 8.44. The van der Waals surface area contributed by atoms with Crippen molar-refractivity contribution in [1.82, 2.24) is 10.1 Å². The van der Waals surface area contributed by atoms with Crippen molar-refractivity contribution >= 4 is 0 Å². The van der Waals surface area contributed by atoms with Crippen LogP contribution in [-0.4, -0.2) is 22.6 Å². The molecule has 0 spiro atoms. The van der Waals surface area contributed by atoms with Gasteiger partial charge in [0.1, 0.15) is 5.76 Å². The molecule has 0 aromatic carbocycles. The van der Waals surface area contributed by atoms with Crippen molar-refractivity contribution in [2.45, 2.75) is 65.5 Å². The molecule has 3 nitrogen and oxygen atoms in total. The minimum atomic E-state index is 0.766. The van der Waals surface area contributed by atoms with Gasteiger partial charge in [0.15, 0.2) is 0 Å². The fourth-order valence-corrected chi connectivity index (χ4v) is 2.88. The Bertz CT molecular complexity index is 334. The summed E-state index contributed by atoms with van der Waals surface area (Å²) in [6, 6.07) is 0.766. The third-order valence-electron chi connectivity index (χ3n) is 4.04. The second kappa shape index (κ2) is 5.67. The summed E-state index contributed by atoms with van der Waals surface area (Å²) in [5.74, 6) is 0.983. The SMILES string of the molecule is CCN(Cc1c(C)noc1C)C1CCCCC1. The van der Waals surface area contributed by atoms with E-state index >= 15 is 0 Å². The van der Waals surface area contributed by atoms with E-state index < -0.39 is 0 Å². The molecule has 0 unspecified atom stereocenters. The second-order valence-electron chi connectivity index (χ2n) is 5.16. The number of nitrogens with zero attached hydrogens (tertiary/aromatic N) is 2. The Kier molecular flexibility index (Phi) is 4.21. The number of hydrogen-bond acceptors (Lipinski definition) is 3. The third kappa shape index (κ3) is 2.89. The molecule has 0 atom stereocenters. The van der Waals surface area contributed by atoms with Gasteiger partial charge in [-0.2, -0.15) is 0 Å². The van der Waals surface area contributed by atoms with Gasteiger partial charge in [-0.25, -0.2) is 0 Å². The molecule has 1 aliphatic rings. The number of aryl methyl sites for hydroxylation is 2. The van der Waals surface area contributed by atoms with Crippen LogP contribution in [0.3, 0.4) is 0 Å². The number of aromatic nitrogens is 1. The van der Waals surface area contributed by atoms with Crippen LogP contribution in [0.25, 0.3) is 0 Å². The van der Waals surface area contributed by atoms with Gasteiger partial charge in [0.05, 0.1) is 5.69 Å². The highest BCUT2D eigenvalue weighted by atomic mass is 16.5. The molecule has 0 saturated heterocycles. The van der Waals surface area contributed by atoms with E-state index in [9.17, 15) is 0 Å². The number of hydrogen-bond donors (Lipinski definition) is 0. The van der Waals surface area contributed by atoms with Crippen LogP contribution in [0, 0.1) is 13.8 Å². The molecule has 1 heterocycles. The van der Waals surface area contributed by atoms with E-state index in [-0.39, 0.29) is 0 Å². The van der Waals surface area contributed by atoms with E-state index in [0.717, 1.165) is 30.6 Å². The van der Waals surface area contributed by atoms with Crippen LogP contribution in [0.4, 0.5) is 0 Å². The highest BCUT2D eigenvalue weighted by Crippen LogP contribution is 2.25. The molecule has 1 aliphatic carbocycles. The van der Waals surface area contributed by atoms with Gasteiger partial charge >= 0.3 is 0 Å². The summed E-state index contributed by atoms with van der Waals surface area (Å²) in [5.41, 5.74) is 2.34. The second-order valence-corrected chi connectivity index (χ2v) is 5.16. The Hall–Kier alpha value is -0.830. The van der Waals surface area contributed by atoms with Gasteiger partial charge in [0.2, 0.25) is 0 Å². The van der Waals surface area contributed by atoms with Crippen molar-refractivity contribution < 1.29 is 4.52 Å². The predicted molar refractivity (Wildman–Crippen MR) is 68.9 cm³/mol. The van der Waals surface area contributed by atoms with Gasteiger partial charge in [-0.15, -0.1) is 0 Å². The van der Waals surface area contributed by atoms with Crippen LogP contribution >= 0.6 is 0 Å². The first-order valence-corrected chi connectivity index (χ1v) is 6.88. The molecule has 96 valence electrons. The van der Waals surface area contributed by atoms with Crippen LogP contribution in [0.5, 0.6) is 0 Å². The Labute approximate surface area is 104 Å². The fourth-order valence-electron chi connectivity index (χ4n) is 2.88. The number of rotatable bonds is 4. The molecule has 1 saturated carbocycles. The molecule has 17 heavy (non-hydrogen) atoms. The van der Waals surface area contributed by atoms with Crippen LogP contribution in [0.15, 0.2) is 4.52 Å². The molecule has 0 radical (unpaired) electrons. The quantitative estimate of drug-likeness (QED) is 0.802.